The van der Waals surface area contributed by atoms with Crippen LogP contribution in [0.1, 0.15) is 36.1 Å². The highest BCUT2D eigenvalue weighted by atomic mass is 16.5. The van der Waals surface area contributed by atoms with E-state index in [1.54, 1.807) is 7.11 Å². The summed E-state index contributed by atoms with van der Waals surface area (Å²) in [4.78, 5) is 6.76. The molecule has 0 spiro atoms. The molecule has 1 aromatic heterocycles. The molecule has 0 bridgehead atoms. The Bertz CT molecular complexity index is 531. The van der Waals surface area contributed by atoms with Crippen molar-refractivity contribution in [1.29, 1.82) is 0 Å². The molecule has 2 rings (SSSR count). The number of amidine groups is 1. The van der Waals surface area contributed by atoms with Crippen LogP contribution in [-0.2, 0) is 6.54 Å². The van der Waals surface area contributed by atoms with Crippen LogP contribution in [0.5, 0.6) is 5.75 Å². The molecule has 1 aromatic rings. The van der Waals surface area contributed by atoms with Crippen molar-refractivity contribution in [2.45, 2.75) is 45.7 Å². The zero-order valence-electron chi connectivity index (χ0n) is 13.0. The van der Waals surface area contributed by atoms with E-state index in [1.165, 1.54) is 0 Å². The molecule has 1 fully saturated rings. The topological polar surface area (TPSA) is 84.0 Å². The van der Waals surface area contributed by atoms with E-state index < -0.39 is 0 Å². The van der Waals surface area contributed by atoms with Gasteiger partial charge in [0.1, 0.15) is 5.75 Å². The third-order valence-electron chi connectivity index (χ3n) is 4.17. The third kappa shape index (κ3) is 3.26. The van der Waals surface area contributed by atoms with E-state index in [0.717, 1.165) is 48.4 Å². The van der Waals surface area contributed by atoms with Crippen LogP contribution in [0.3, 0.4) is 0 Å². The van der Waals surface area contributed by atoms with Gasteiger partial charge in [0.25, 0.3) is 0 Å². The number of pyridine rings is 1. The van der Waals surface area contributed by atoms with E-state index in [2.05, 4.69) is 15.0 Å². The van der Waals surface area contributed by atoms with E-state index in [9.17, 15) is 0 Å². The normalized spacial score (nSPS) is 20.5. The highest BCUT2D eigenvalue weighted by Gasteiger charge is 2.27. The van der Waals surface area contributed by atoms with E-state index in [0.29, 0.717) is 6.54 Å². The molecule has 3 N–H and O–H groups in total. The highest BCUT2D eigenvalue weighted by molar-refractivity contribution is 5.85. The molecule has 21 heavy (non-hydrogen) atoms. The van der Waals surface area contributed by atoms with Gasteiger partial charge in [-0.1, -0.05) is 11.6 Å². The maximum atomic E-state index is 8.94. The lowest BCUT2D eigenvalue weighted by atomic mass is 10.00. The Labute approximate surface area is 125 Å². The fraction of sp³-hybridized carbons (Fsp3) is 0.600. The number of piperidine rings is 1. The maximum Gasteiger partial charge on any atom is 0.156 e. The number of oxime groups is 1. The molecular weight excluding hydrogens is 268 g/mol. The number of aromatic nitrogens is 1. The van der Waals surface area contributed by atoms with Crippen molar-refractivity contribution in [2.75, 3.05) is 13.7 Å². The molecule has 0 radical (unpaired) electrons. The monoisotopic (exact) mass is 292 g/mol. The van der Waals surface area contributed by atoms with Gasteiger partial charge in [0.2, 0.25) is 0 Å². The Hall–Kier alpha value is -1.82. The summed E-state index contributed by atoms with van der Waals surface area (Å²) in [5, 5.41) is 12.1. The van der Waals surface area contributed by atoms with Gasteiger partial charge in [-0.15, -0.1) is 0 Å². The summed E-state index contributed by atoms with van der Waals surface area (Å²) in [7, 11) is 1.68. The Balaban J connectivity index is 2.23. The summed E-state index contributed by atoms with van der Waals surface area (Å²) in [6.07, 6.45) is 4.97. The first-order valence-electron chi connectivity index (χ1n) is 7.29. The van der Waals surface area contributed by atoms with Crippen LogP contribution < -0.4 is 10.5 Å². The van der Waals surface area contributed by atoms with Crippen LogP contribution >= 0.6 is 0 Å². The minimum absolute atomic E-state index is 0.0164. The first kappa shape index (κ1) is 15.6. The first-order valence-corrected chi connectivity index (χ1v) is 7.29. The number of nitrogens with zero attached hydrogens (tertiary/aromatic N) is 3. The van der Waals surface area contributed by atoms with Crippen LogP contribution in [0.2, 0.25) is 0 Å². The fourth-order valence-corrected chi connectivity index (χ4v) is 3.00. The van der Waals surface area contributed by atoms with Crippen molar-refractivity contribution in [1.82, 2.24) is 9.88 Å². The summed E-state index contributed by atoms with van der Waals surface area (Å²) in [6, 6.07) is -0.0164. The van der Waals surface area contributed by atoms with Crippen molar-refractivity contribution in [2.24, 2.45) is 10.9 Å². The number of nitrogens with two attached hydrogens (primary N) is 1. The number of likely N-dealkylation sites (tertiary alicyclic amines) is 1. The van der Waals surface area contributed by atoms with E-state index >= 15 is 0 Å². The van der Waals surface area contributed by atoms with E-state index in [-0.39, 0.29) is 11.9 Å². The zero-order chi connectivity index (χ0) is 15.4. The molecule has 0 aliphatic carbocycles. The molecule has 1 aliphatic rings. The maximum absolute atomic E-state index is 8.94. The minimum Gasteiger partial charge on any atom is -0.496 e. The number of ether oxygens (including phenoxy) is 1. The molecule has 2 heterocycles. The molecule has 1 aliphatic heterocycles. The van der Waals surface area contributed by atoms with Gasteiger partial charge in [-0.05, 0) is 33.2 Å². The zero-order valence-corrected chi connectivity index (χ0v) is 13.0. The summed E-state index contributed by atoms with van der Waals surface area (Å²) in [5.41, 5.74) is 8.89. The highest BCUT2D eigenvalue weighted by Crippen LogP contribution is 2.26. The molecule has 116 valence electrons. The van der Waals surface area contributed by atoms with Gasteiger partial charge in [-0.25, -0.2) is 0 Å². The van der Waals surface area contributed by atoms with Crippen LogP contribution in [0.4, 0.5) is 0 Å². The molecule has 1 atom stereocenters. The smallest absolute Gasteiger partial charge is 0.156 e. The molecule has 0 amide bonds. The average molecular weight is 292 g/mol. The Kier molecular flexibility index (Phi) is 5.01. The minimum atomic E-state index is -0.0164. The number of hydrogen-bond donors (Lipinski definition) is 2. The van der Waals surface area contributed by atoms with Crippen LogP contribution in [0.15, 0.2) is 11.4 Å². The predicted octanol–water partition coefficient (Wildman–Crippen LogP) is 1.81. The predicted molar refractivity (Wildman–Crippen MR) is 81.7 cm³/mol. The second-order valence-electron chi connectivity index (χ2n) is 5.55. The molecule has 1 unspecified atom stereocenters. The lowest BCUT2D eigenvalue weighted by Crippen LogP contribution is -2.47. The molecular formula is C15H24N4O2. The van der Waals surface area contributed by atoms with Gasteiger partial charge < -0.3 is 15.7 Å². The molecule has 1 saturated heterocycles. The summed E-state index contributed by atoms with van der Waals surface area (Å²) in [6.45, 7) is 5.63. The third-order valence-corrected chi connectivity index (χ3v) is 4.17. The number of methoxy groups -OCH3 is 1. The number of rotatable bonds is 4. The van der Waals surface area contributed by atoms with E-state index in [1.807, 2.05) is 20.0 Å². The first-order chi connectivity index (χ1) is 10.1. The largest absolute Gasteiger partial charge is 0.496 e. The van der Waals surface area contributed by atoms with Gasteiger partial charge in [0.05, 0.1) is 18.8 Å². The quantitative estimate of drug-likeness (QED) is 0.383. The van der Waals surface area contributed by atoms with Crippen molar-refractivity contribution in [3.8, 4) is 5.75 Å². The second-order valence-corrected chi connectivity index (χ2v) is 5.55. The second kappa shape index (κ2) is 6.76. The van der Waals surface area contributed by atoms with Gasteiger partial charge in [-0.2, -0.15) is 0 Å². The average Bonchev–Trinajstić information content (AvgIpc) is 2.50. The van der Waals surface area contributed by atoms with Crippen LogP contribution in [0, 0.1) is 13.8 Å². The molecule has 0 aromatic carbocycles. The Morgan fingerprint density at radius 3 is 2.95 bits per heavy atom. The standard InChI is InChI=1S/C15H24N4O2/c1-10-8-17-12(11(2)14(10)21-3)9-19-7-5-4-6-13(19)15(16)18-20/h8,13,20H,4-7,9H2,1-3H3,(H2,16,18). The summed E-state index contributed by atoms with van der Waals surface area (Å²) < 4.78 is 5.45. The van der Waals surface area contributed by atoms with Crippen molar-refractivity contribution < 1.29 is 9.94 Å². The van der Waals surface area contributed by atoms with Crippen molar-refractivity contribution in [3.63, 3.8) is 0 Å². The Morgan fingerprint density at radius 1 is 1.52 bits per heavy atom. The van der Waals surface area contributed by atoms with Crippen LogP contribution in [-0.4, -0.2) is 40.6 Å². The van der Waals surface area contributed by atoms with Gasteiger partial charge in [-0.3, -0.25) is 9.88 Å². The van der Waals surface area contributed by atoms with Gasteiger partial charge in [0.15, 0.2) is 5.84 Å². The fourth-order valence-electron chi connectivity index (χ4n) is 3.00. The van der Waals surface area contributed by atoms with Gasteiger partial charge >= 0.3 is 0 Å². The lowest BCUT2D eigenvalue weighted by Gasteiger charge is -2.34. The summed E-state index contributed by atoms with van der Waals surface area (Å²) in [5.74, 6) is 1.17. The SMILES string of the molecule is COc1c(C)cnc(CN2CCCCC2C(N)=NO)c1C. The van der Waals surface area contributed by atoms with Gasteiger partial charge in [0, 0.05) is 23.9 Å². The van der Waals surface area contributed by atoms with E-state index in [4.69, 9.17) is 15.7 Å². The summed E-state index contributed by atoms with van der Waals surface area (Å²) >= 11 is 0. The molecule has 6 heteroatoms. The Morgan fingerprint density at radius 2 is 2.29 bits per heavy atom. The number of aryl methyl sites for hydroxylation is 1. The van der Waals surface area contributed by atoms with Crippen molar-refractivity contribution in [3.05, 3.63) is 23.0 Å². The van der Waals surface area contributed by atoms with Crippen LogP contribution in [0.25, 0.3) is 0 Å². The van der Waals surface area contributed by atoms with Crippen molar-refractivity contribution >= 4 is 5.84 Å². The molecule has 0 saturated carbocycles. The lowest BCUT2D eigenvalue weighted by molar-refractivity contribution is 0.175. The number of hydrogen-bond acceptors (Lipinski definition) is 5. The molecule has 6 nitrogen and oxygen atoms in total.